The molecule has 0 fully saturated rings. The molecule has 2 rings (SSSR count). The minimum absolute atomic E-state index is 0.369. The highest BCUT2D eigenvalue weighted by molar-refractivity contribution is 9.10. The molecule has 0 bridgehead atoms. The van der Waals surface area contributed by atoms with E-state index in [1.807, 2.05) is 32.0 Å². The van der Waals surface area contributed by atoms with Gasteiger partial charge in [-0.3, -0.25) is 0 Å². The van der Waals surface area contributed by atoms with Crippen molar-refractivity contribution in [2.24, 2.45) is 5.73 Å². The number of nitrogens with one attached hydrogen (secondary N) is 1. The number of anilines is 1. The van der Waals surface area contributed by atoms with E-state index in [2.05, 4.69) is 26.4 Å². The zero-order valence-corrected chi connectivity index (χ0v) is 13.1. The van der Waals surface area contributed by atoms with Crippen LogP contribution in [0.4, 0.5) is 5.69 Å². The van der Waals surface area contributed by atoms with Crippen molar-refractivity contribution < 1.29 is 4.52 Å². The summed E-state index contributed by atoms with van der Waals surface area (Å²) in [5.74, 6) is 0.817. The summed E-state index contributed by atoms with van der Waals surface area (Å²) in [6.07, 6.45) is 0. The van der Waals surface area contributed by atoms with Crippen LogP contribution in [-0.2, 0) is 6.54 Å². The summed E-state index contributed by atoms with van der Waals surface area (Å²) < 4.78 is 6.10. The quantitative estimate of drug-likeness (QED) is 0.836. The topological polar surface area (TPSA) is 64.1 Å². The smallest absolute Gasteiger partial charge is 0.138 e. The molecule has 0 unspecified atom stereocenters. The first-order chi connectivity index (χ1) is 8.99. The van der Waals surface area contributed by atoms with Gasteiger partial charge in [-0.2, -0.15) is 0 Å². The van der Waals surface area contributed by atoms with Crippen LogP contribution in [0.1, 0.15) is 22.6 Å². The molecule has 1 aromatic heterocycles. The molecule has 19 heavy (non-hydrogen) atoms. The van der Waals surface area contributed by atoms with Crippen LogP contribution in [0.5, 0.6) is 0 Å². The van der Waals surface area contributed by atoms with Crippen LogP contribution in [-0.4, -0.2) is 10.1 Å². The van der Waals surface area contributed by atoms with Crippen molar-refractivity contribution in [3.8, 4) is 0 Å². The lowest BCUT2D eigenvalue weighted by Crippen LogP contribution is -2.13. The van der Waals surface area contributed by atoms with Crippen molar-refractivity contribution >= 4 is 38.8 Å². The van der Waals surface area contributed by atoms with E-state index in [1.54, 1.807) is 0 Å². The summed E-state index contributed by atoms with van der Waals surface area (Å²) in [6.45, 7) is 4.43. The van der Waals surface area contributed by atoms with Gasteiger partial charge >= 0.3 is 0 Å². The lowest BCUT2D eigenvalue weighted by molar-refractivity contribution is 0.392. The van der Waals surface area contributed by atoms with Crippen LogP contribution in [0.2, 0.25) is 0 Å². The van der Waals surface area contributed by atoms with Crippen molar-refractivity contribution in [2.75, 3.05) is 5.32 Å². The van der Waals surface area contributed by atoms with E-state index in [0.717, 1.165) is 32.7 Å². The molecule has 0 atom stereocenters. The second-order valence-electron chi connectivity index (χ2n) is 4.21. The molecule has 2 aromatic rings. The van der Waals surface area contributed by atoms with Gasteiger partial charge < -0.3 is 15.6 Å². The number of rotatable bonds is 4. The maximum Gasteiger partial charge on any atom is 0.138 e. The molecule has 0 aliphatic rings. The van der Waals surface area contributed by atoms with Gasteiger partial charge in [-0.25, -0.2) is 0 Å². The molecule has 0 saturated carbocycles. The number of aryl methyl sites for hydroxylation is 2. The van der Waals surface area contributed by atoms with Crippen LogP contribution in [0.3, 0.4) is 0 Å². The predicted molar refractivity (Wildman–Crippen MR) is 83.3 cm³/mol. The first-order valence-electron chi connectivity index (χ1n) is 5.74. The monoisotopic (exact) mass is 339 g/mol. The highest BCUT2D eigenvalue weighted by Crippen LogP contribution is 2.23. The third-order valence-corrected chi connectivity index (χ3v) is 3.60. The number of hydrogen-bond acceptors (Lipinski definition) is 4. The number of nitrogens with zero attached hydrogens (tertiary/aromatic N) is 1. The van der Waals surface area contributed by atoms with Gasteiger partial charge in [0.1, 0.15) is 10.7 Å². The van der Waals surface area contributed by atoms with Gasteiger partial charge in [0.25, 0.3) is 0 Å². The number of hydrogen-bond donors (Lipinski definition) is 2. The molecule has 0 aliphatic heterocycles. The lowest BCUT2D eigenvalue weighted by Gasteiger charge is -2.11. The van der Waals surface area contributed by atoms with E-state index in [0.29, 0.717) is 11.5 Å². The number of halogens is 1. The maximum absolute atomic E-state index is 5.72. The fourth-order valence-corrected chi connectivity index (χ4v) is 2.35. The van der Waals surface area contributed by atoms with Gasteiger partial charge in [-0.05, 0) is 32.0 Å². The largest absolute Gasteiger partial charge is 0.389 e. The van der Waals surface area contributed by atoms with Crippen LogP contribution in [0.15, 0.2) is 27.2 Å². The van der Waals surface area contributed by atoms with Crippen LogP contribution in [0, 0.1) is 13.8 Å². The molecule has 4 nitrogen and oxygen atoms in total. The van der Waals surface area contributed by atoms with Gasteiger partial charge in [0.05, 0.1) is 5.69 Å². The third-order valence-electron chi connectivity index (χ3n) is 2.88. The van der Waals surface area contributed by atoms with Gasteiger partial charge in [0, 0.05) is 27.8 Å². The van der Waals surface area contributed by atoms with Gasteiger partial charge in [-0.15, -0.1) is 0 Å². The molecule has 0 amide bonds. The summed E-state index contributed by atoms with van der Waals surface area (Å²) in [4.78, 5) is 0.369. The maximum atomic E-state index is 5.72. The Labute approximate surface area is 125 Å². The molecule has 0 saturated heterocycles. The van der Waals surface area contributed by atoms with Gasteiger partial charge in [0.2, 0.25) is 0 Å². The predicted octanol–water partition coefficient (Wildman–Crippen LogP) is 3.30. The Bertz CT molecular complexity index is 605. The first kappa shape index (κ1) is 14.0. The van der Waals surface area contributed by atoms with Crippen molar-refractivity contribution in [2.45, 2.75) is 20.4 Å². The SMILES string of the molecule is Cc1noc(C)c1CNc1cc(Br)ccc1C(N)=S. The number of benzene rings is 1. The fraction of sp³-hybridized carbons (Fsp3) is 0.231. The summed E-state index contributed by atoms with van der Waals surface area (Å²) in [6, 6.07) is 5.75. The van der Waals surface area contributed by atoms with Gasteiger partial charge in [-0.1, -0.05) is 33.3 Å². The molecular formula is C13H14BrN3OS. The summed E-state index contributed by atoms with van der Waals surface area (Å²) >= 11 is 8.49. The number of thiocarbonyl (C=S) groups is 1. The van der Waals surface area contributed by atoms with Crippen LogP contribution >= 0.6 is 28.1 Å². The van der Waals surface area contributed by atoms with E-state index >= 15 is 0 Å². The Morgan fingerprint density at radius 3 is 2.79 bits per heavy atom. The van der Waals surface area contributed by atoms with Crippen molar-refractivity contribution in [1.82, 2.24) is 5.16 Å². The lowest BCUT2D eigenvalue weighted by atomic mass is 10.1. The van der Waals surface area contributed by atoms with Crippen LogP contribution in [0.25, 0.3) is 0 Å². The van der Waals surface area contributed by atoms with Crippen LogP contribution < -0.4 is 11.1 Å². The molecule has 3 N–H and O–H groups in total. The normalized spacial score (nSPS) is 10.5. The first-order valence-corrected chi connectivity index (χ1v) is 6.94. The minimum Gasteiger partial charge on any atom is -0.389 e. The van der Waals surface area contributed by atoms with E-state index in [-0.39, 0.29) is 0 Å². The molecule has 0 radical (unpaired) electrons. The molecule has 0 aliphatic carbocycles. The summed E-state index contributed by atoms with van der Waals surface area (Å²) in [5.41, 5.74) is 9.37. The van der Waals surface area contributed by atoms with Gasteiger partial charge in [0.15, 0.2) is 0 Å². The fourth-order valence-electron chi connectivity index (χ4n) is 1.82. The standard InChI is InChI=1S/C13H14BrN3OS/c1-7-11(8(2)18-17-7)6-16-12-5-9(14)3-4-10(12)13(15)19/h3-5,16H,6H2,1-2H3,(H2,15,19). The molecule has 1 heterocycles. The molecule has 0 spiro atoms. The second-order valence-corrected chi connectivity index (χ2v) is 5.57. The number of aromatic nitrogens is 1. The van der Waals surface area contributed by atoms with E-state index in [9.17, 15) is 0 Å². The highest BCUT2D eigenvalue weighted by atomic mass is 79.9. The average molecular weight is 340 g/mol. The zero-order valence-electron chi connectivity index (χ0n) is 10.7. The Morgan fingerprint density at radius 2 is 2.21 bits per heavy atom. The summed E-state index contributed by atoms with van der Waals surface area (Å²) in [7, 11) is 0. The third kappa shape index (κ3) is 3.13. The number of nitrogens with two attached hydrogens (primary N) is 1. The van der Waals surface area contributed by atoms with Crippen molar-refractivity contribution in [3.05, 3.63) is 45.3 Å². The Morgan fingerprint density at radius 1 is 1.47 bits per heavy atom. The van der Waals surface area contributed by atoms with E-state index < -0.39 is 0 Å². The van der Waals surface area contributed by atoms with Crippen molar-refractivity contribution in [1.29, 1.82) is 0 Å². The highest BCUT2D eigenvalue weighted by Gasteiger charge is 2.10. The van der Waals surface area contributed by atoms with Crippen molar-refractivity contribution in [3.63, 3.8) is 0 Å². The minimum atomic E-state index is 0.369. The van der Waals surface area contributed by atoms with E-state index in [4.69, 9.17) is 22.5 Å². The Hall–Kier alpha value is -1.40. The molecular weight excluding hydrogens is 326 g/mol. The molecule has 100 valence electrons. The average Bonchev–Trinajstić information content (AvgIpc) is 2.66. The van der Waals surface area contributed by atoms with E-state index in [1.165, 1.54) is 0 Å². The second kappa shape index (κ2) is 5.71. The zero-order chi connectivity index (χ0) is 14.0. The molecule has 6 heteroatoms. The molecule has 1 aromatic carbocycles. The Balaban J connectivity index is 2.24. The summed E-state index contributed by atoms with van der Waals surface area (Å²) in [5, 5.41) is 7.25. The Kier molecular flexibility index (Phi) is 4.21.